The number of amides is 3. The van der Waals surface area contributed by atoms with Crippen molar-refractivity contribution in [3.8, 4) is 5.75 Å². The fourth-order valence-corrected chi connectivity index (χ4v) is 3.75. The maximum atomic E-state index is 12.3. The highest BCUT2D eigenvalue weighted by Gasteiger charge is 2.35. The number of hydrogen-bond acceptors (Lipinski definition) is 5. The average molecular weight is 480 g/mol. The fraction of sp³-hybridized carbons (Fsp3) is 0.318. The van der Waals surface area contributed by atoms with Crippen LogP contribution in [0, 0.1) is 5.92 Å². The van der Waals surface area contributed by atoms with E-state index in [9.17, 15) is 19.5 Å². The van der Waals surface area contributed by atoms with Crippen molar-refractivity contribution in [2.24, 2.45) is 5.92 Å². The Morgan fingerprint density at radius 2 is 1.84 bits per heavy atom. The van der Waals surface area contributed by atoms with Crippen molar-refractivity contribution in [3.63, 3.8) is 0 Å². The molecule has 0 radical (unpaired) electrons. The first-order valence-corrected chi connectivity index (χ1v) is 10.7. The molecule has 0 aromatic heterocycles. The molecule has 1 fully saturated rings. The molecule has 3 amide bonds. The maximum absolute atomic E-state index is 12.3. The van der Waals surface area contributed by atoms with Crippen molar-refractivity contribution in [2.45, 2.75) is 19.4 Å². The molecule has 8 nitrogen and oxygen atoms in total. The number of nitrogens with zero attached hydrogens (tertiary/aromatic N) is 1. The molecule has 2 atom stereocenters. The predicted molar refractivity (Wildman–Crippen MR) is 122 cm³/mol. The Morgan fingerprint density at radius 3 is 2.47 bits per heavy atom. The highest BCUT2D eigenvalue weighted by atomic mass is 35.5. The summed E-state index contributed by atoms with van der Waals surface area (Å²) in [6, 6.07) is 11.4. The van der Waals surface area contributed by atoms with Crippen molar-refractivity contribution in [3.05, 3.63) is 52.5 Å². The zero-order valence-electron chi connectivity index (χ0n) is 17.3. The first-order chi connectivity index (χ1) is 15.2. The molecular weight excluding hydrogens is 457 g/mol. The van der Waals surface area contributed by atoms with Gasteiger partial charge in [-0.1, -0.05) is 23.2 Å². The maximum Gasteiger partial charge on any atom is 0.262 e. The van der Waals surface area contributed by atoms with Gasteiger partial charge in [-0.2, -0.15) is 0 Å². The van der Waals surface area contributed by atoms with E-state index in [0.29, 0.717) is 27.2 Å². The third kappa shape index (κ3) is 6.59. The number of carbonyl (C=O) groups excluding carboxylic acids is 3. The highest BCUT2D eigenvalue weighted by molar-refractivity contribution is 6.35. The molecule has 3 N–H and O–H groups in total. The van der Waals surface area contributed by atoms with E-state index < -0.39 is 12.0 Å². The summed E-state index contributed by atoms with van der Waals surface area (Å²) in [7, 11) is 0. The molecule has 32 heavy (non-hydrogen) atoms. The molecule has 3 rings (SSSR count). The van der Waals surface area contributed by atoms with Crippen molar-refractivity contribution in [2.75, 3.05) is 29.9 Å². The van der Waals surface area contributed by atoms with Crippen LogP contribution in [-0.2, 0) is 14.4 Å². The fourth-order valence-electron chi connectivity index (χ4n) is 3.22. The number of aliphatic hydroxyl groups is 1. The van der Waals surface area contributed by atoms with Gasteiger partial charge in [-0.25, -0.2) is 0 Å². The summed E-state index contributed by atoms with van der Waals surface area (Å²) in [6.07, 6.45) is -0.539. The zero-order valence-corrected chi connectivity index (χ0v) is 18.8. The van der Waals surface area contributed by atoms with Crippen LogP contribution in [0.4, 0.5) is 11.4 Å². The Morgan fingerprint density at radius 1 is 1.19 bits per heavy atom. The van der Waals surface area contributed by atoms with E-state index in [0.717, 1.165) is 0 Å². The molecule has 10 heteroatoms. The summed E-state index contributed by atoms with van der Waals surface area (Å²) in [5, 5.41) is 15.4. The molecule has 0 unspecified atom stereocenters. The van der Waals surface area contributed by atoms with Crippen LogP contribution in [0.25, 0.3) is 0 Å². The Balaban J connectivity index is 1.52. The van der Waals surface area contributed by atoms with Gasteiger partial charge >= 0.3 is 0 Å². The van der Waals surface area contributed by atoms with Gasteiger partial charge in [0.05, 0.1) is 12.0 Å². The quantitative estimate of drug-likeness (QED) is 0.539. The van der Waals surface area contributed by atoms with E-state index in [-0.39, 0.29) is 43.8 Å². The molecule has 1 saturated heterocycles. The summed E-state index contributed by atoms with van der Waals surface area (Å²) in [6.45, 7) is 1.76. The molecule has 1 aliphatic heterocycles. The Hall–Kier alpha value is -2.81. The smallest absolute Gasteiger partial charge is 0.262 e. The third-order valence-electron chi connectivity index (χ3n) is 4.73. The van der Waals surface area contributed by atoms with Crippen molar-refractivity contribution >= 4 is 52.3 Å². The van der Waals surface area contributed by atoms with Gasteiger partial charge in [0.15, 0.2) is 6.61 Å². The number of carbonyl (C=O) groups is 3. The normalized spacial score (nSPS) is 16.6. The van der Waals surface area contributed by atoms with Crippen LogP contribution in [0.3, 0.4) is 0 Å². The van der Waals surface area contributed by atoms with Gasteiger partial charge in [-0.3, -0.25) is 14.4 Å². The van der Waals surface area contributed by atoms with E-state index in [1.807, 2.05) is 0 Å². The second-order valence-electron chi connectivity index (χ2n) is 7.49. The van der Waals surface area contributed by atoms with E-state index in [4.69, 9.17) is 27.9 Å². The third-order valence-corrected chi connectivity index (χ3v) is 5.17. The number of benzene rings is 2. The molecule has 0 aliphatic carbocycles. The standard InChI is InChI=1S/C22H23Cl2N3O5/c1-13(28)10-25-22(31)14-6-21(30)27(11-14)18-2-4-19(5-3-18)32-12-20(29)26-17-8-15(23)7-16(24)9-17/h2-5,7-9,13-14,28H,6,10-12H2,1H3,(H,25,31)(H,26,29)/t13-,14+/m1/s1. The minimum atomic E-state index is -0.648. The lowest BCUT2D eigenvalue weighted by molar-refractivity contribution is -0.126. The number of aliphatic hydroxyl groups excluding tert-OH is 1. The van der Waals surface area contributed by atoms with E-state index in [1.54, 1.807) is 49.4 Å². The predicted octanol–water partition coefficient (Wildman–Crippen LogP) is 2.86. The van der Waals surface area contributed by atoms with Gasteiger partial charge in [0, 0.05) is 40.9 Å². The summed E-state index contributed by atoms with van der Waals surface area (Å²) in [4.78, 5) is 38.1. The van der Waals surface area contributed by atoms with E-state index in [2.05, 4.69) is 10.6 Å². The van der Waals surface area contributed by atoms with Crippen molar-refractivity contribution in [1.82, 2.24) is 5.32 Å². The largest absolute Gasteiger partial charge is 0.484 e. The lowest BCUT2D eigenvalue weighted by Gasteiger charge is -2.17. The van der Waals surface area contributed by atoms with Crippen molar-refractivity contribution < 1.29 is 24.2 Å². The van der Waals surface area contributed by atoms with Crippen LogP contribution in [0.15, 0.2) is 42.5 Å². The van der Waals surface area contributed by atoms with Crippen LogP contribution in [0.1, 0.15) is 13.3 Å². The molecular formula is C22H23Cl2N3O5. The van der Waals surface area contributed by atoms with Gasteiger partial charge in [0.1, 0.15) is 5.75 Å². The highest BCUT2D eigenvalue weighted by Crippen LogP contribution is 2.27. The number of rotatable bonds is 8. The molecule has 0 spiro atoms. The Labute approximate surface area is 195 Å². The number of hydrogen-bond donors (Lipinski definition) is 3. The van der Waals surface area contributed by atoms with Crippen molar-refractivity contribution in [1.29, 1.82) is 0 Å². The van der Waals surface area contributed by atoms with Crippen LogP contribution in [0.2, 0.25) is 10.0 Å². The zero-order chi connectivity index (χ0) is 23.3. The van der Waals surface area contributed by atoms with E-state index in [1.165, 1.54) is 4.90 Å². The molecule has 0 saturated carbocycles. The minimum absolute atomic E-state index is 0.109. The second kappa shape index (κ2) is 10.7. The number of halogens is 2. The first-order valence-electron chi connectivity index (χ1n) is 9.96. The lowest BCUT2D eigenvalue weighted by atomic mass is 10.1. The number of ether oxygens (including phenoxy) is 1. The van der Waals surface area contributed by atoms with Crippen LogP contribution < -0.4 is 20.3 Å². The SMILES string of the molecule is C[C@@H](O)CNC(=O)[C@H]1CC(=O)N(c2ccc(OCC(=O)Nc3cc(Cl)cc(Cl)c3)cc2)C1. The Kier molecular flexibility index (Phi) is 7.95. The van der Waals surface area contributed by atoms with Gasteiger partial charge in [-0.05, 0) is 49.4 Å². The second-order valence-corrected chi connectivity index (χ2v) is 8.36. The van der Waals surface area contributed by atoms with Gasteiger partial charge in [0.25, 0.3) is 5.91 Å². The number of nitrogens with one attached hydrogen (secondary N) is 2. The summed E-state index contributed by atoms with van der Waals surface area (Å²) >= 11 is 11.8. The molecule has 2 aromatic carbocycles. The first kappa shape index (κ1) is 23.8. The van der Waals surface area contributed by atoms with Crippen LogP contribution in [-0.4, -0.2) is 48.6 Å². The molecule has 2 aromatic rings. The van der Waals surface area contributed by atoms with E-state index >= 15 is 0 Å². The molecule has 0 bridgehead atoms. The minimum Gasteiger partial charge on any atom is -0.484 e. The lowest BCUT2D eigenvalue weighted by Crippen LogP contribution is -2.36. The topological polar surface area (TPSA) is 108 Å². The van der Waals surface area contributed by atoms with Gasteiger partial charge < -0.3 is 25.4 Å². The summed E-state index contributed by atoms with van der Waals surface area (Å²) in [5.41, 5.74) is 1.09. The Bertz CT molecular complexity index is 977. The van der Waals surface area contributed by atoms with Gasteiger partial charge in [-0.15, -0.1) is 0 Å². The molecule has 170 valence electrons. The summed E-state index contributed by atoms with van der Waals surface area (Å²) < 4.78 is 5.49. The monoisotopic (exact) mass is 479 g/mol. The molecule has 1 aliphatic rings. The van der Waals surface area contributed by atoms with Crippen LogP contribution in [0.5, 0.6) is 5.75 Å². The molecule has 1 heterocycles. The number of anilines is 2. The van der Waals surface area contributed by atoms with Gasteiger partial charge in [0.2, 0.25) is 11.8 Å². The average Bonchev–Trinajstić information content (AvgIpc) is 3.12. The summed E-state index contributed by atoms with van der Waals surface area (Å²) in [5.74, 6) is -0.816. The van der Waals surface area contributed by atoms with Crippen LogP contribution >= 0.6 is 23.2 Å².